The van der Waals surface area contributed by atoms with Crippen LogP contribution in [-0.4, -0.2) is 0 Å². The number of hydrogen-bond acceptors (Lipinski definition) is 1. The van der Waals surface area contributed by atoms with Crippen LogP contribution >= 0.6 is 51.1 Å². The summed E-state index contributed by atoms with van der Waals surface area (Å²) in [6, 6.07) is 3.33. The van der Waals surface area contributed by atoms with E-state index in [0.717, 1.165) is 4.47 Å². The molecule has 0 atom stereocenters. The minimum atomic E-state index is -0.257. The second-order valence-electron chi connectivity index (χ2n) is 1.72. The SMILES string of the molecule is Fc1c(S)cc(Br)cc1I. The van der Waals surface area contributed by atoms with E-state index in [2.05, 4.69) is 28.6 Å². The monoisotopic (exact) mass is 332 g/mol. The van der Waals surface area contributed by atoms with Gasteiger partial charge in [0.15, 0.2) is 0 Å². The Bertz CT molecular complexity index is 241. The minimum Gasteiger partial charge on any atom is -0.205 e. The van der Waals surface area contributed by atoms with Crippen molar-refractivity contribution in [3.05, 3.63) is 26.0 Å². The third kappa shape index (κ3) is 1.85. The van der Waals surface area contributed by atoms with Crippen molar-refractivity contribution < 1.29 is 4.39 Å². The van der Waals surface area contributed by atoms with Crippen molar-refractivity contribution in [3.8, 4) is 0 Å². The summed E-state index contributed by atoms with van der Waals surface area (Å²) in [5, 5.41) is 0. The Morgan fingerprint density at radius 2 is 2.10 bits per heavy atom. The van der Waals surface area contributed by atoms with Crippen molar-refractivity contribution in [1.29, 1.82) is 0 Å². The third-order valence-electron chi connectivity index (χ3n) is 0.974. The highest BCUT2D eigenvalue weighted by Gasteiger charge is 2.03. The van der Waals surface area contributed by atoms with Crippen molar-refractivity contribution in [2.45, 2.75) is 4.90 Å². The standard InChI is InChI=1S/C6H3BrFIS/c7-3-1-4(9)6(8)5(10)2-3/h1-2,10H. The fourth-order valence-corrected chi connectivity index (χ4v) is 2.70. The van der Waals surface area contributed by atoms with Gasteiger partial charge in [0.2, 0.25) is 0 Å². The van der Waals surface area contributed by atoms with Crippen LogP contribution in [-0.2, 0) is 0 Å². The summed E-state index contributed by atoms with van der Waals surface area (Å²) in [6.45, 7) is 0. The van der Waals surface area contributed by atoms with Gasteiger partial charge in [-0.25, -0.2) is 4.39 Å². The molecule has 0 unspecified atom stereocenters. The largest absolute Gasteiger partial charge is 0.205 e. The summed E-state index contributed by atoms with van der Waals surface area (Å²) >= 11 is 9.08. The van der Waals surface area contributed by atoms with E-state index in [9.17, 15) is 4.39 Å². The van der Waals surface area contributed by atoms with Gasteiger partial charge in [-0.2, -0.15) is 0 Å². The molecule has 4 heteroatoms. The Balaban J connectivity index is 3.31. The summed E-state index contributed by atoms with van der Waals surface area (Å²) in [4.78, 5) is 0.374. The molecule has 0 aliphatic carbocycles. The van der Waals surface area contributed by atoms with Crippen LogP contribution in [0.4, 0.5) is 4.39 Å². The molecule has 0 aliphatic rings. The zero-order valence-electron chi connectivity index (χ0n) is 4.74. The molecular formula is C6H3BrFIS. The number of halogens is 3. The molecule has 0 heterocycles. The van der Waals surface area contributed by atoms with Gasteiger partial charge in [-0.15, -0.1) is 12.6 Å². The highest BCUT2D eigenvalue weighted by molar-refractivity contribution is 14.1. The summed E-state index contributed by atoms with van der Waals surface area (Å²) in [5.41, 5.74) is 0. The molecule has 10 heavy (non-hydrogen) atoms. The highest BCUT2D eigenvalue weighted by Crippen LogP contribution is 2.23. The lowest BCUT2D eigenvalue weighted by atomic mass is 10.3. The average molecular weight is 333 g/mol. The first-order valence-corrected chi connectivity index (χ1v) is 4.76. The average Bonchev–Trinajstić information content (AvgIpc) is 1.82. The fourth-order valence-electron chi connectivity index (χ4n) is 0.542. The molecule has 1 aromatic rings. The van der Waals surface area contributed by atoms with Crippen molar-refractivity contribution in [2.75, 3.05) is 0 Å². The summed E-state index contributed by atoms with van der Waals surface area (Å²) < 4.78 is 14.2. The van der Waals surface area contributed by atoms with Crippen LogP contribution in [0.3, 0.4) is 0 Å². The molecule has 0 nitrogen and oxygen atoms in total. The number of rotatable bonds is 0. The maximum atomic E-state index is 12.8. The molecule has 0 amide bonds. The second-order valence-corrected chi connectivity index (χ2v) is 4.28. The van der Waals surface area contributed by atoms with Gasteiger partial charge in [0, 0.05) is 9.37 Å². The maximum Gasteiger partial charge on any atom is 0.149 e. The quantitative estimate of drug-likeness (QED) is 0.420. The Morgan fingerprint density at radius 1 is 1.50 bits per heavy atom. The van der Waals surface area contributed by atoms with Crippen LogP contribution in [0.15, 0.2) is 21.5 Å². The van der Waals surface area contributed by atoms with Crippen LogP contribution in [0.1, 0.15) is 0 Å². The van der Waals surface area contributed by atoms with Gasteiger partial charge in [-0.05, 0) is 34.7 Å². The van der Waals surface area contributed by atoms with E-state index in [4.69, 9.17) is 0 Å². The first-order chi connectivity index (χ1) is 4.61. The van der Waals surface area contributed by atoms with E-state index >= 15 is 0 Å². The molecule has 0 bridgehead atoms. The molecule has 0 saturated heterocycles. The van der Waals surface area contributed by atoms with Crippen LogP contribution < -0.4 is 0 Å². The predicted octanol–water partition coefficient (Wildman–Crippen LogP) is 3.48. The van der Waals surface area contributed by atoms with E-state index in [0.29, 0.717) is 8.47 Å². The lowest BCUT2D eigenvalue weighted by Gasteiger charge is -1.98. The topological polar surface area (TPSA) is 0 Å². The Labute approximate surface area is 85.9 Å². The van der Waals surface area contributed by atoms with Crippen LogP contribution in [0.5, 0.6) is 0 Å². The predicted molar refractivity (Wildman–Crippen MR) is 54.1 cm³/mol. The lowest BCUT2D eigenvalue weighted by Crippen LogP contribution is -1.83. The number of benzene rings is 1. The van der Waals surface area contributed by atoms with Gasteiger partial charge < -0.3 is 0 Å². The lowest BCUT2D eigenvalue weighted by molar-refractivity contribution is 0.594. The molecule has 0 aromatic heterocycles. The van der Waals surface area contributed by atoms with Gasteiger partial charge in [-0.1, -0.05) is 15.9 Å². The smallest absolute Gasteiger partial charge is 0.149 e. The summed E-state index contributed by atoms with van der Waals surface area (Å²) in [7, 11) is 0. The molecule has 1 rings (SSSR count). The van der Waals surface area contributed by atoms with E-state index in [1.165, 1.54) is 0 Å². The van der Waals surface area contributed by atoms with Crippen molar-refractivity contribution >= 4 is 51.1 Å². The first kappa shape index (κ1) is 8.80. The van der Waals surface area contributed by atoms with Gasteiger partial charge >= 0.3 is 0 Å². The van der Waals surface area contributed by atoms with Crippen molar-refractivity contribution in [1.82, 2.24) is 0 Å². The molecule has 0 fully saturated rings. The molecule has 1 aromatic carbocycles. The first-order valence-electron chi connectivity index (χ1n) is 2.45. The van der Waals surface area contributed by atoms with Crippen molar-refractivity contribution in [2.24, 2.45) is 0 Å². The third-order valence-corrected chi connectivity index (χ3v) is 2.54. The molecule has 0 spiro atoms. The zero-order chi connectivity index (χ0) is 7.72. The Hall–Kier alpha value is 0.710. The summed E-state index contributed by atoms with van der Waals surface area (Å²) in [6.07, 6.45) is 0. The normalized spacial score (nSPS) is 10.0. The summed E-state index contributed by atoms with van der Waals surface area (Å²) in [5.74, 6) is -0.257. The van der Waals surface area contributed by atoms with Gasteiger partial charge in [-0.3, -0.25) is 0 Å². The van der Waals surface area contributed by atoms with Gasteiger partial charge in [0.1, 0.15) is 5.82 Å². The van der Waals surface area contributed by atoms with Crippen LogP contribution in [0.25, 0.3) is 0 Å². The van der Waals surface area contributed by atoms with E-state index in [-0.39, 0.29) is 5.82 Å². The maximum absolute atomic E-state index is 12.8. The van der Waals surface area contributed by atoms with E-state index < -0.39 is 0 Å². The Morgan fingerprint density at radius 3 is 2.60 bits per heavy atom. The van der Waals surface area contributed by atoms with Gasteiger partial charge in [0.25, 0.3) is 0 Å². The molecular weight excluding hydrogens is 330 g/mol. The number of hydrogen-bond donors (Lipinski definition) is 1. The van der Waals surface area contributed by atoms with Gasteiger partial charge in [0.05, 0.1) is 3.57 Å². The van der Waals surface area contributed by atoms with E-state index in [1.807, 2.05) is 22.6 Å². The highest BCUT2D eigenvalue weighted by atomic mass is 127. The molecule has 0 radical (unpaired) electrons. The van der Waals surface area contributed by atoms with Crippen LogP contribution in [0.2, 0.25) is 0 Å². The molecule has 0 saturated carbocycles. The van der Waals surface area contributed by atoms with Crippen molar-refractivity contribution in [3.63, 3.8) is 0 Å². The fraction of sp³-hybridized carbons (Fsp3) is 0. The minimum absolute atomic E-state index is 0.257. The molecule has 54 valence electrons. The second kappa shape index (κ2) is 3.40. The Kier molecular flexibility index (Phi) is 3.00. The van der Waals surface area contributed by atoms with Crippen LogP contribution in [0, 0.1) is 9.39 Å². The zero-order valence-corrected chi connectivity index (χ0v) is 9.37. The molecule has 0 aliphatic heterocycles. The molecule has 0 N–H and O–H groups in total. The number of thiol groups is 1. The van der Waals surface area contributed by atoms with E-state index in [1.54, 1.807) is 12.1 Å².